The number of ether oxygens (including phenoxy) is 3. The van der Waals surface area contributed by atoms with Crippen LogP contribution in [0.25, 0.3) is 0 Å². The fourth-order valence-electron chi connectivity index (χ4n) is 2.49. The number of rotatable bonds is 9. The van der Waals surface area contributed by atoms with Crippen molar-refractivity contribution in [2.75, 3.05) is 19.8 Å². The first-order valence-electron chi connectivity index (χ1n) is 8.96. The molecule has 2 rings (SSSR count). The lowest BCUT2D eigenvalue weighted by atomic mass is 10.1. The van der Waals surface area contributed by atoms with Gasteiger partial charge in [-0.2, -0.15) is 0 Å². The van der Waals surface area contributed by atoms with Crippen molar-refractivity contribution >= 4 is 0 Å². The Balaban J connectivity index is 1.75. The highest BCUT2D eigenvalue weighted by atomic mass is 16.7. The lowest BCUT2D eigenvalue weighted by Gasteiger charge is -2.28. The monoisotopic (exact) mass is 318 g/mol. The molecule has 1 aliphatic heterocycles. The largest absolute Gasteiger partial charge is 0.494 e. The third-order valence-corrected chi connectivity index (χ3v) is 3.97. The minimum Gasteiger partial charge on any atom is -0.494 e. The molecule has 0 radical (unpaired) electrons. The Hall–Kier alpha value is -1.32. The average molecular weight is 318 g/mol. The first kappa shape index (κ1) is 18.0. The van der Waals surface area contributed by atoms with E-state index in [0.29, 0.717) is 5.92 Å². The van der Waals surface area contributed by atoms with Crippen LogP contribution in [0.4, 0.5) is 0 Å². The first-order chi connectivity index (χ1) is 11.3. The van der Waals surface area contributed by atoms with Crippen molar-refractivity contribution in [1.82, 2.24) is 0 Å². The van der Waals surface area contributed by atoms with Crippen LogP contribution in [0, 0.1) is 5.92 Å². The van der Waals surface area contributed by atoms with Crippen LogP contribution in [-0.4, -0.2) is 19.8 Å². The summed E-state index contributed by atoms with van der Waals surface area (Å²) in [4.78, 5) is 0. The van der Waals surface area contributed by atoms with Crippen LogP contribution in [0.3, 0.4) is 0 Å². The molecule has 1 fully saturated rings. The zero-order chi connectivity index (χ0) is 16.3. The normalized spacial score (nSPS) is 21.7. The smallest absolute Gasteiger partial charge is 0.183 e. The molecule has 128 valence electrons. The molecule has 1 heterocycles. The van der Waals surface area contributed by atoms with Gasteiger partial charge in [0.05, 0.1) is 19.8 Å². The van der Waals surface area contributed by atoms with Crippen LogP contribution in [0.15, 0.2) is 36.4 Å². The first-order valence-corrected chi connectivity index (χ1v) is 8.96. The van der Waals surface area contributed by atoms with Gasteiger partial charge in [0.15, 0.2) is 6.29 Å². The summed E-state index contributed by atoms with van der Waals surface area (Å²) < 4.78 is 17.4. The van der Waals surface area contributed by atoms with Crippen LogP contribution in [-0.2, 0) is 9.47 Å². The van der Waals surface area contributed by atoms with Crippen LogP contribution in [0.1, 0.15) is 57.8 Å². The zero-order valence-corrected chi connectivity index (χ0v) is 14.5. The number of unbranched alkanes of at least 4 members (excludes halogenated alkanes) is 3. The molecule has 0 atom stereocenters. The summed E-state index contributed by atoms with van der Waals surface area (Å²) in [5.41, 5.74) is 1.06. The molecule has 1 saturated heterocycles. The third kappa shape index (κ3) is 6.36. The average Bonchev–Trinajstić information content (AvgIpc) is 2.60. The number of benzene rings is 1. The Labute approximate surface area is 140 Å². The number of hydrogen-bond acceptors (Lipinski definition) is 3. The summed E-state index contributed by atoms with van der Waals surface area (Å²) in [6, 6.07) is 8.05. The van der Waals surface area contributed by atoms with Gasteiger partial charge in [-0.25, -0.2) is 0 Å². The van der Waals surface area contributed by atoms with Crippen molar-refractivity contribution < 1.29 is 14.2 Å². The summed E-state index contributed by atoms with van der Waals surface area (Å²) in [5.74, 6) is 1.29. The van der Waals surface area contributed by atoms with Crippen LogP contribution < -0.4 is 4.74 Å². The molecular weight excluding hydrogens is 288 g/mol. The topological polar surface area (TPSA) is 27.7 Å². The summed E-state index contributed by atoms with van der Waals surface area (Å²) in [7, 11) is 0. The molecule has 23 heavy (non-hydrogen) atoms. The molecule has 0 amide bonds. The van der Waals surface area contributed by atoms with Crippen molar-refractivity contribution in [2.45, 2.75) is 52.2 Å². The predicted molar refractivity (Wildman–Crippen MR) is 93.6 cm³/mol. The van der Waals surface area contributed by atoms with Gasteiger partial charge in [-0.1, -0.05) is 57.4 Å². The van der Waals surface area contributed by atoms with Crippen LogP contribution in [0.5, 0.6) is 5.75 Å². The van der Waals surface area contributed by atoms with Gasteiger partial charge >= 0.3 is 0 Å². The van der Waals surface area contributed by atoms with Crippen molar-refractivity contribution in [3.8, 4) is 5.75 Å². The molecule has 0 aromatic heterocycles. The van der Waals surface area contributed by atoms with Gasteiger partial charge in [0.1, 0.15) is 5.75 Å². The van der Waals surface area contributed by atoms with Gasteiger partial charge in [-0.05, 0) is 25.0 Å². The molecule has 0 N–H and O–H groups in total. The Bertz CT molecular complexity index is 444. The summed E-state index contributed by atoms with van der Waals surface area (Å²) >= 11 is 0. The minimum absolute atomic E-state index is 0.250. The highest BCUT2D eigenvalue weighted by Crippen LogP contribution is 2.27. The molecule has 1 aromatic rings. The van der Waals surface area contributed by atoms with E-state index in [1.807, 2.05) is 24.3 Å². The molecule has 0 saturated carbocycles. The predicted octanol–water partition coefficient (Wildman–Crippen LogP) is 5.27. The molecule has 3 nitrogen and oxygen atoms in total. The fraction of sp³-hybridized carbons (Fsp3) is 0.600. The Morgan fingerprint density at radius 2 is 1.74 bits per heavy atom. The number of allylic oxidation sites excluding steroid dienone is 1. The van der Waals surface area contributed by atoms with E-state index in [-0.39, 0.29) is 6.29 Å². The Morgan fingerprint density at radius 3 is 2.39 bits per heavy atom. The summed E-state index contributed by atoms with van der Waals surface area (Å²) in [6.45, 7) is 6.60. The lowest BCUT2D eigenvalue weighted by Crippen LogP contribution is -2.25. The highest BCUT2D eigenvalue weighted by molar-refractivity contribution is 5.28. The molecule has 0 unspecified atom stereocenters. The molecule has 0 bridgehead atoms. The van der Waals surface area contributed by atoms with Gasteiger partial charge < -0.3 is 14.2 Å². The van der Waals surface area contributed by atoms with Crippen molar-refractivity contribution in [1.29, 1.82) is 0 Å². The Morgan fingerprint density at radius 1 is 1.04 bits per heavy atom. The zero-order valence-electron chi connectivity index (χ0n) is 14.5. The van der Waals surface area contributed by atoms with E-state index in [9.17, 15) is 0 Å². The SMILES string of the molecule is CCCCC=C[C@H]1CO[C@H](c2ccc(OCCCC)cc2)OC1. The van der Waals surface area contributed by atoms with Gasteiger partial charge in [0.25, 0.3) is 0 Å². The van der Waals surface area contributed by atoms with E-state index in [1.54, 1.807) is 0 Å². The van der Waals surface area contributed by atoms with E-state index in [0.717, 1.165) is 50.4 Å². The van der Waals surface area contributed by atoms with E-state index in [2.05, 4.69) is 26.0 Å². The minimum atomic E-state index is -0.250. The molecule has 1 aliphatic rings. The molecule has 0 aliphatic carbocycles. The Kier molecular flexibility index (Phi) is 8.19. The third-order valence-electron chi connectivity index (χ3n) is 3.97. The maximum atomic E-state index is 5.86. The maximum Gasteiger partial charge on any atom is 0.183 e. The molecule has 0 spiro atoms. The van der Waals surface area contributed by atoms with Gasteiger partial charge in [-0.15, -0.1) is 0 Å². The lowest BCUT2D eigenvalue weighted by molar-refractivity contribution is -0.197. The summed E-state index contributed by atoms with van der Waals surface area (Å²) in [6.07, 6.45) is 10.1. The van der Waals surface area contributed by atoms with Gasteiger partial charge in [0.2, 0.25) is 0 Å². The highest BCUT2D eigenvalue weighted by Gasteiger charge is 2.21. The van der Waals surface area contributed by atoms with Crippen molar-refractivity contribution in [3.63, 3.8) is 0 Å². The maximum absolute atomic E-state index is 5.86. The van der Waals surface area contributed by atoms with Crippen LogP contribution >= 0.6 is 0 Å². The molecular formula is C20H30O3. The molecule has 3 heteroatoms. The van der Waals surface area contributed by atoms with Gasteiger partial charge in [0, 0.05) is 11.5 Å². The van der Waals surface area contributed by atoms with E-state index >= 15 is 0 Å². The fourth-order valence-corrected chi connectivity index (χ4v) is 2.49. The molecule has 1 aromatic carbocycles. The van der Waals surface area contributed by atoms with E-state index in [4.69, 9.17) is 14.2 Å². The van der Waals surface area contributed by atoms with E-state index in [1.165, 1.54) is 12.8 Å². The van der Waals surface area contributed by atoms with Crippen molar-refractivity contribution in [3.05, 3.63) is 42.0 Å². The second-order valence-corrected chi connectivity index (χ2v) is 6.10. The quantitative estimate of drug-likeness (QED) is 0.458. The standard InChI is InChI=1S/C20H30O3/c1-3-5-7-8-9-17-15-22-20(23-16-17)18-10-12-19(13-11-18)21-14-6-4-2/h8-13,17,20H,3-7,14-16H2,1-2H3/t17-,20-. The second kappa shape index (κ2) is 10.5. The van der Waals surface area contributed by atoms with Crippen molar-refractivity contribution in [2.24, 2.45) is 5.92 Å². The second-order valence-electron chi connectivity index (χ2n) is 6.10. The van der Waals surface area contributed by atoms with E-state index < -0.39 is 0 Å². The van der Waals surface area contributed by atoms with Crippen LogP contribution in [0.2, 0.25) is 0 Å². The summed E-state index contributed by atoms with van der Waals surface area (Å²) in [5, 5.41) is 0. The van der Waals surface area contributed by atoms with Gasteiger partial charge in [-0.3, -0.25) is 0 Å². The number of hydrogen-bond donors (Lipinski definition) is 0.